The molecule has 1 heterocycles. The van der Waals surface area contributed by atoms with Crippen molar-refractivity contribution in [3.8, 4) is 0 Å². The molecule has 0 aliphatic carbocycles. The molecule has 0 amide bonds. The molecule has 0 atom stereocenters. The van der Waals surface area contributed by atoms with Crippen LogP contribution in [0.1, 0.15) is 22.6 Å². The van der Waals surface area contributed by atoms with E-state index in [1.54, 1.807) is 0 Å². The Bertz CT molecular complexity index is 1030. The van der Waals surface area contributed by atoms with Crippen LogP contribution in [0.2, 0.25) is 0 Å². The van der Waals surface area contributed by atoms with E-state index in [-0.39, 0.29) is 5.92 Å². The number of fused-ring (bicyclic) bond motifs is 2. The molecule has 0 fully saturated rings. The Morgan fingerprint density at radius 3 is 1.81 bits per heavy atom. The minimum Gasteiger partial charge on any atom is -0.354 e. The molecule has 0 saturated carbocycles. The van der Waals surface area contributed by atoms with Gasteiger partial charge in [-0.25, -0.2) is 0 Å². The Labute approximate surface area is 164 Å². The van der Waals surface area contributed by atoms with Crippen LogP contribution < -0.4 is 5.32 Å². The Morgan fingerprint density at radius 1 is 0.519 bits per heavy atom. The summed E-state index contributed by atoms with van der Waals surface area (Å²) in [6.45, 7) is 0. The SMILES string of the molecule is c1ccc(C(c2ccccc2)c2ccc3c(c2)Nc2ccccc2S3)cc1. The molecule has 0 unspecified atom stereocenters. The summed E-state index contributed by atoms with van der Waals surface area (Å²) < 4.78 is 0. The van der Waals surface area contributed by atoms with Crippen molar-refractivity contribution in [1.82, 2.24) is 0 Å². The maximum Gasteiger partial charge on any atom is 0.0529 e. The molecule has 4 aromatic carbocycles. The second-order valence-electron chi connectivity index (χ2n) is 6.73. The lowest BCUT2D eigenvalue weighted by Crippen LogP contribution is -2.06. The van der Waals surface area contributed by atoms with E-state index in [0.717, 1.165) is 0 Å². The Morgan fingerprint density at radius 2 is 1.11 bits per heavy atom. The number of rotatable bonds is 3. The second-order valence-corrected chi connectivity index (χ2v) is 7.82. The summed E-state index contributed by atoms with van der Waals surface area (Å²) in [6, 6.07) is 36.8. The summed E-state index contributed by atoms with van der Waals surface area (Å²) in [7, 11) is 0. The van der Waals surface area contributed by atoms with Gasteiger partial charge < -0.3 is 5.32 Å². The number of hydrogen-bond acceptors (Lipinski definition) is 2. The Hall–Kier alpha value is -2.97. The normalized spacial score (nSPS) is 12.2. The molecule has 0 aromatic heterocycles. The van der Waals surface area contributed by atoms with Crippen molar-refractivity contribution < 1.29 is 0 Å². The summed E-state index contributed by atoms with van der Waals surface area (Å²) in [4.78, 5) is 2.55. The molecule has 4 aromatic rings. The van der Waals surface area contributed by atoms with Crippen LogP contribution in [0.15, 0.2) is 113 Å². The predicted molar refractivity (Wildman–Crippen MR) is 114 cm³/mol. The average Bonchev–Trinajstić information content (AvgIpc) is 2.74. The van der Waals surface area contributed by atoms with E-state index in [1.807, 2.05) is 11.8 Å². The van der Waals surface area contributed by atoms with Gasteiger partial charge in [0.25, 0.3) is 0 Å². The molecule has 1 aliphatic rings. The molecular weight excluding hydrogens is 346 g/mol. The summed E-state index contributed by atoms with van der Waals surface area (Å²) in [5.74, 6) is 0.224. The molecule has 1 aliphatic heterocycles. The van der Waals surface area contributed by atoms with Gasteiger partial charge in [-0.15, -0.1) is 0 Å². The first-order valence-electron chi connectivity index (χ1n) is 9.16. The first-order chi connectivity index (χ1) is 13.4. The smallest absolute Gasteiger partial charge is 0.0529 e. The number of hydrogen-bond donors (Lipinski definition) is 1. The molecule has 130 valence electrons. The lowest BCUT2D eigenvalue weighted by atomic mass is 9.85. The maximum atomic E-state index is 3.62. The lowest BCUT2D eigenvalue weighted by Gasteiger charge is -2.24. The quantitative estimate of drug-likeness (QED) is 0.343. The zero-order valence-corrected chi connectivity index (χ0v) is 15.6. The zero-order valence-electron chi connectivity index (χ0n) is 14.8. The highest BCUT2D eigenvalue weighted by molar-refractivity contribution is 7.99. The molecule has 27 heavy (non-hydrogen) atoms. The van der Waals surface area contributed by atoms with Crippen LogP contribution in [0.25, 0.3) is 0 Å². The maximum absolute atomic E-state index is 3.62. The van der Waals surface area contributed by atoms with Crippen molar-refractivity contribution in [2.45, 2.75) is 15.7 Å². The van der Waals surface area contributed by atoms with Gasteiger partial charge in [0.15, 0.2) is 0 Å². The van der Waals surface area contributed by atoms with Crippen LogP contribution in [-0.2, 0) is 0 Å². The van der Waals surface area contributed by atoms with Crippen LogP contribution in [0.5, 0.6) is 0 Å². The van der Waals surface area contributed by atoms with Crippen LogP contribution in [-0.4, -0.2) is 0 Å². The fraction of sp³-hybridized carbons (Fsp3) is 0.0400. The van der Waals surface area contributed by atoms with Crippen molar-refractivity contribution in [3.63, 3.8) is 0 Å². The summed E-state index contributed by atoms with van der Waals surface area (Å²) in [6.07, 6.45) is 0. The zero-order chi connectivity index (χ0) is 18.1. The number of nitrogens with one attached hydrogen (secondary N) is 1. The minimum atomic E-state index is 0.224. The first kappa shape index (κ1) is 16.2. The van der Waals surface area contributed by atoms with Gasteiger partial charge in [-0.1, -0.05) is 90.6 Å². The highest BCUT2D eigenvalue weighted by Gasteiger charge is 2.20. The molecule has 0 radical (unpaired) electrons. The van der Waals surface area contributed by atoms with Crippen LogP contribution >= 0.6 is 11.8 Å². The van der Waals surface area contributed by atoms with Gasteiger partial charge in [0.1, 0.15) is 0 Å². The summed E-state index contributed by atoms with van der Waals surface area (Å²) >= 11 is 1.83. The Balaban J connectivity index is 1.60. The standard InChI is InChI=1S/C25H19NS/c1-3-9-18(10-4-1)25(19-11-5-2-6-12-19)20-15-16-24-22(17-20)26-21-13-7-8-14-23(21)27-24/h1-17,25-26H. The highest BCUT2D eigenvalue weighted by atomic mass is 32.2. The number of benzene rings is 4. The van der Waals surface area contributed by atoms with Crippen molar-refractivity contribution >= 4 is 23.1 Å². The van der Waals surface area contributed by atoms with Gasteiger partial charge in [0.2, 0.25) is 0 Å². The fourth-order valence-corrected chi connectivity index (χ4v) is 4.67. The second kappa shape index (κ2) is 6.98. The first-order valence-corrected chi connectivity index (χ1v) is 9.98. The van der Waals surface area contributed by atoms with Crippen molar-refractivity contribution in [2.24, 2.45) is 0 Å². The van der Waals surface area contributed by atoms with E-state index in [2.05, 4.69) is 108 Å². The molecule has 1 N–H and O–H groups in total. The molecule has 1 nitrogen and oxygen atoms in total. The van der Waals surface area contributed by atoms with Crippen molar-refractivity contribution in [1.29, 1.82) is 0 Å². The van der Waals surface area contributed by atoms with Crippen LogP contribution in [0, 0.1) is 0 Å². The predicted octanol–water partition coefficient (Wildman–Crippen LogP) is 7.08. The van der Waals surface area contributed by atoms with E-state index in [4.69, 9.17) is 0 Å². The average molecular weight is 366 g/mol. The topological polar surface area (TPSA) is 12.0 Å². The van der Waals surface area contributed by atoms with E-state index < -0.39 is 0 Å². The minimum absolute atomic E-state index is 0.224. The third-order valence-electron chi connectivity index (χ3n) is 4.98. The lowest BCUT2D eigenvalue weighted by molar-refractivity contribution is 0.974. The van der Waals surface area contributed by atoms with E-state index in [9.17, 15) is 0 Å². The number of para-hydroxylation sites is 1. The molecule has 0 saturated heterocycles. The monoisotopic (exact) mass is 365 g/mol. The van der Waals surface area contributed by atoms with E-state index in [0.29, 0.717) is 0 Å². The molecule has 2 heteroatoms. The van der Waals surface area contributed by atoms with Gasteiger partial charge in [0.05, 0.1) is 11.4 Å². The molecule has 0 bridgehead atoms. The molecule has 0 spiro atoms. The third-order valence-corrected chi connectivity index (χ3v) is 6.13. The Kier molecular flexibility index (Phi) is 4.19. The molecule has 5 rings (SSSR count). The van der Waals surface area contributed by atoms with Gasteiger partial charge >= 0.3 is 0 Å². The van der Waals surface area contributed by atoms with E-state index in [1.165, 1.54) is 37.9 Å². The van der Waals surface area contributed by atoms with Crippen LogP contribution in [0.3, 0.4) is 0 Å². The van der Waals surface area contributed by atoms with Gasteiger partial charge in [0, 0.05) is 15.7 Å². The van der Waals surface area contributed by atoms with Gasteiger partial charge in [-0.2, -0.15) is 0 Å². The third kappa shape index (κ3) is 3.13. The highest BCUT2D eigenvalue weighted by Crippen LogP contribution is 2.45. The summed E-state index contributed by atoms with van der Waals surface area (Å²) in [5, 5.41) is 3.62. The fourth-order valence-electron chi connectivity index (χ4n) is 3.70. The summed E-state index contributed by atoms with van der Waals surface area (Å²) in [5.41, 5.74) is 6.30. The van der Waals surface area contributed by atoms with Gasteiger partial charge in [-0.05, 0) is 41.0 Å². The van der Waals surface area contributed by atoms with E-state index >= 15 is 0 Å². The van der Waals surface area contributed by atoms with Crippen molar-refractivity contribution in [3.05, 3.63) is 120 Å². The van der Waals surface area contributed by atoms with Crippen molar-refractivity contribution in [2.75, 3.05) is 5.32 Å². The largest absolute Gasteiger partial charge is 0.354 e. The van der Waals surface area contributed by atoms with Crippen LogP contribution in [0.4, 0.5) is 11.4 Å². The molecular formula is C25H19NS. The number of anilines is 2. The van der Waals surface area contributed by atoms with Gasteiger partial charge in [-0.3, -0.25) is 0 Å².